The van der Waals surface area contributed by atoms with Gasteiger partial charge in [0, 0.05) is 18.0 Å². The number of carbonyl (C=O) groups is 1. The lowest BCUT2D eigenvalue weighted by molar-refractivity contribution is -0.128. The van der Waals surface area contributed by atoms with Crippen LogP contribution in [0, 0.1) is 23.7 Å². The lowest BCUT2D eigenvalue weighted by atomic mass is 9.65. The number of amides is 1. The summed E-state index contributed by atoms with van der Waals surface area (Å²) in [5.41, 5.74) is 7.71. The highest BCUT2D eigenvalue weighted by atomic mass is 16.1. The molecular formula is C21H30N2O. The molecule has 1 aromatic carbocycles. The number of benzene rings is 1. The van der Waals surface area contributed by atoms with E-state index >= 15 is 0 Å². The van der Waals surface area contributed by atoms with E-state index in [1.807, 2.05) is 0 Å². The average molecular weight is 326 g/mol. The first kappa shape index (κ1) is 16.1. The van der Waals surface area contributed by atoms with Gasteiger partial charge in [0.1, 0.15) is 0 Å². The second-order valence-corrected chi connectivity index (χ2v) is 8.34. The van der Waals surface area contributed by atoms with E-state index in [4.69, 9.17) is 5.73 Å². The van der Waals surface area contributed by atoms with Gasteiger partial charge in [0.05, 0.1) is 0 Å². The smallest absolute Gasteiger partial charge is 0.223 e. The van der Waals surface area contributed by atoms with Crippen LogP contribution in [0.1, 0.15) is 50.5 Å². The lowest BCUT2D eigenvalue weighted by Crippen LogP contribution is -2.50. The van der Waals surface area contributed by atoms with Gasteiger partial charge in [-0.2, -0.15) is 0 Å². The Bertz CT molecular complexity index is 554. The summed E-state index contributed by atoms with van der Waals surface area (Å²) in [5.74, 6) is 2.31. The predicted molar refractivity (Wildman–Crippen MR) is 96.3 cm³/mol. The molecule has 0 aromatic heterocycles. The van der Waals surface area contributed by atoms with Gasteiger partial charge in [-0.1, -0.05) is 36.8 Å². The standard InChI is InChI=1S/C21H30N2O/c22-20-16-7-4-8-17(20)13-18(12-16)21(24)23-19(15-9-10-15)11-14-5-2-1-3-6-14/h1-3,5-6,15-20H,4,7-13,22H2,(H,23,24). The SMILES string of the molecule is NC1C2CCCC1CC(C(=O)NC(Cc1ccccc1)C1CC1)C2. The van der Waals surface area contributed by atoms with Crippen LogP contribution in [-0.2, 0) is 11.2 Å². The molecule has 3 N–H and O–H groups in total. The molecule has 24 heavy (non-hydrogen) atoms. The number of rotatable bonds is 5. The van der Waals surface area contributed by atoms with Crippen molar-refractivity contribution >= 4 is 5.91 Å². The van der Waals surface area contributed by atoms with Crippen molar-refractivity contribution in [1.82, 2.24) is 5.32 Å². The van der Waals surface area contributed by atoms with Crippen LogP contribution in [0.3, 0.4) is 0 Å². The summed E-state index contributed by atoms with van der Waals surface area (Å²) in [6.07, 6.45) is 9.25. The van der Waals surface area contributed by atoms with Gasteiger partial charge >= 0.3 is 0 Å². The fourth-order valence-electron chi connectivity index (χ4n) is 5.01. The number of nitrogens with two attached hydrogens (primary N) is 1. The monoisotopic (exact) mass is 326 g/mol. The van der Waals surface area contributed by atoms with Crippen LogP contribution in [0.15, 0.2) is 30.3 Å². The molecular weight excluding hydrogens is 296 g/mol. The summed E-state index contributed by atoms with van der Waals surface area (Å²) in [4.78, 5) is 12.9. The Hall–Kier alpha value is -1.35. The van der Waals surface area contributed by atoms with E-state index < -0.39 is 0 Å². The highest BCUT2D eigenvalue weighted by Crippen LogP contribution is 2.42. The van der Waals surface area contributed by atoms with Gasteiger partial charge in [-0.25, -0.2) is 0 Å². The van der Waals surface area contributed by atoms with Crippen LogP contribution in [-0.4, -0.2) is 18.0 Å². The summed E-state index contributed by atoms with van der Waals surface area (Å²) < 4.78 is 0. The van der Waals surface area contributed by atoms with Crippen molar-refractivity contribution in [1.29, 1.82) is 0 Å². The molecule has 1 amide bonds. The highest BCUT2D eigenvalue weighted by Gasteiger charge is 2.41. The molecule has 0 aliphatic heterocycles. The van der Waals surface area contributed by atoms with Crippen LogP contribution in [0.5, 0.6) is 0 Å². The van der Waals surface area contributed by atoms with Crippen molar-refractivity contribution in [3.8, 4) is 0 Å². The Morgan fingerprint density at radius 2 is 1.75 bits per heavy atom. The van der Waals surface area contributed by atoms with Gasteiger partial charge in [0.15, 0.2) is 0 Å². The Morgan fingerprint density at radius 3 is 2.38 bits per heavy atom. The minimum atomic E-state index is 0.192. The normalized spacial score (nSPS) is 33.7. The third kappa shape index (κ3) is 3.51. The van der Waals surface area contributed by atoms with Crippen molar-refractivity contribution in [2.24, 2.45) is 29.4 Å². The summed E-state index contributed by atoms with van der Waals surface area (Å²) in [7, 11) is 0. The van der Waals surface area contributed by atoms with Gasteiger partial charge in [-0.15, -0.1) is 0 Å². The highest BCUT2D eigenvalue weighted by molar-refractivity contribution is 5.79. The lowest BCUT2D eigenvalue weighted by Gasteiger charge is -2.43. The van der Waals surface area contributed by atoms with Crippen molar-refractivity contribution in [2.45, 2.75) is 63.5 Å². The summed E-state index contributed by atoms with van der Waals surface area (Å²) in [6.45, 7) is 0. The summed E-state index contributed by atoms with van der Waals surface area (Å²) in [6, 6.07) is 11.2. The first-order valence-electron chi connectivity index (χ1n) is 9.80. The molecule has 0 heterocycles. The zero-order valence-corrected chi connectivity index (χ0v) is 14.5. The predicted octanol–water partition coefficient (Wildman–Crippen LogP) is 3.28. The molecule has 3 atom stereocenters. The fraction of sp³-hybridized carbons (Fsp3) is 0.667. The minimum Gasteiger partial charge on any atom is -0.353 e. The zero-order chi connectivity index (χ0) is 16.5. The molecule has 0 saturated heterocycles. The van der Waals surface area contributed by atoms with Crippen LogP contribution in [0.2, 0.25) is 0 Å². The molecule has 0 radical (unpaired) electrons. The topological polar surface area (TPSA) is 55.1 Å². The Labute approximate surface area is 145 Å². The zero-order valence-electron chi connectivity index (χ0n) is 14.5. The van der Waals surface area contributed by atoms with Gasteiger partial charge in [-0.3, -0.25) is 4.79 Å². The van der Waals surface area contributed by atoms with Crippen molar-refractivity contribution in [3.05, 3.63) is 35.9 Å². The van der Waals surface area contributed by atoms with Gasteiger partial charge < -0.3 is 11.1 Å². The maximum Gasteiger partial charge on any atom is 0.223 e. The van der Waals surface area contributed by atoms with Crippen molar-refractivity contribution in [3.63, 3.8) is 0 Å². The van der Waals surface area contributed by atoms with Crippen LogP contribution >= 0.6 is 0 Å². The molecule has 130 valence electrons. The first-order valence-corrected chi connectivity index (χ1v) is 9.80. The minimum absolute atomic E-state index is 0.192. The third-order valence-electron chi connectivity index (χ3n) is 6.60. The molecule has 3 aliphatic carbocycles. The summed E-state index contributed by atoms with van der Waals surface area (Å²) in [5, 5.41) is 3.42. The number of nitrogens with one attached hydrogen (secondary N) is 1. The molecule has 3 nitrogen and oxygen atoms in total. The third-order valence-corrected chi connectivity index (χ3v) is 6.60. The Morgan fingerprint density at radius 1 is 1.08 bits per heavy atom. The quantitative estimate of drug-likeness (QED) is 0.872. The fourth-order valence-corrected chi connectivity index (χ4v) is 5.01. The Balaban J connectivity index is 1.38. The van der Waals surface area contributed by atoms with E-state index in [0.29, 0.717) is 35.7 Å². The molecule has 1 aromatic rings. The van der Waals surface area contributed by atoms with Crippen LogP contribution in [0.4, 0.5) is 0 Å². The van der Waals surface area contributed by atoms with E-state index in [9.17, 15) is 4.79 Å². The molecule has 0 spiro atoms. The van der Waals surface area contributed by atoms with Crippen LogP contribution < -0.4 is 11.1 Å². The van der Waals surface area contributed by atoms with E-state index in [0.717, 1.165) is 19.3 Å². The van der Waals surface area contributed by atoms with Gasteiger partial charge in [-0.05, 0) is 68.3 Å². The molecule has 3 saturated carbocycles. The average Bonchev–Trinajstić information content (AvgIpc) is 3.40. The largest absolute Gasteiger partial charge is 0.353 e. The molecule has 4 rings (SSSR count). The molecule has 2 bridgehead atoms. The molecule has 3 heteroatoms. The number of fused-ring (bicyclic) bond motifs is 2. The van der Waals surface area contributed by atoms with E-state index in [1.54, 1.807) is 0 Å². The number of hydrogen-bond acceptors (Lipinski definition) is 2. The van der Waals surface area contributed by atoms with E-state index in [-0.39, 0.29) is 5.92 Å². The maximum atomic E-state index is 12.9. The maximum absolute atomic E-state index is 12.9. The van der Waals surface area contributed by atoms with Crippen molar-refractivity contribution < 1.29 is 4.79 Å². The van der Waals surface area contributed by atoms with Gasteiger partial charge in [0.25, 0.3) is 0 Å². The number of carbonyl (C=O) groups excluding carboxylic acids is 1. The van der Waals surface area contributed by atoms with Crippen molar-refractivity contribution in [2.75, 3.05) is 0 Å². The molecule has 3 fully saturated rings. The Kier molecular flexibility index (Phi) is 4.62. The van der Waals surface area contributed by atoms with E-state index in [2.05, 4.69) is 35.6 Å². The second-order valence-electron chi connectivity index (χ2n) is 8.34. The molecule has 3 aliphatic rings. The van der Waals surface area contributed by atoms with Gasteiger partial charge in [0.2, 0.25) is 5.91 Å². The van der Waals surface area contributed by atoms with Crippen LogP contribution in [0.25, 0.3) is 0 Å². The second kappa shape index (κ2) is 6.87. The first-order chi connectivity index (χ1) is 11.7. The molecule has 3 unspecified atom stereocenters. The number of hydrogen-bond donors (Lipinski definition) is 2. The van der Waals surface area contributed by atoms with E-state index in [1.165, 1.54) is 37.7 Å². The summed E-state index contributed by atoms with van der Waals surface area (Å²) >= 11 is 0.